The molecule has 0 fully saturated rings. The average Bonchev–Trinajstić information content (AvgIpc) is 1.94. The summed E-state index contributed by atoms with van der Waals surface area (Å²) in [7, 11) is 0. The van der Waals surface area contributed by atoms with Gasteiger partial charge in [0.25, 0.3) is 29.8 Å². The monoisotopic (exact) mass is 356 g/mol. The van der Waals surface area contributed by atoms with Crippen molar-refractivity contribution in [2.24, 2.45) is 0 Å². The maximum Gasteiger partial charge on any atom is 1.00 e. The second-order valence-corrected chi connectivity index (χ2v) is 2.60. The van der Waals surface area contributed by atoms with E-state index in [2.05, 4.69) is 0 Å². The van der Waals surface area contributed by atoms with Gasteiger partial charge in [-0.25, -0.2) is 0 Å². The van der Waals surface area contributed by atoms with Crippen LogP contribution in [0.2, 0.25) is 0 Å². The molecular weight excluding hydrogens is 335 g/mol. The van der Waals surface area contributed by atoms with Crippen LogP contribution in [0.5, 0.6) is 0 Å². The van der Waals surface area contributed by atoms with Crippen molar-refractivity contribution < 1.29 is 106 Å². The van der Waals surface area contributed by atoms with Gasteiger partial charge in [-0.05, 0) is 0 Å². The van der Waals surface area contributed by atoms with Gasteiger partial charge >= 0.3 is 51.4 Å². The third-order valence-corrected chi connectivity index (χ3v) is 0. The number of carboxylic acids is 5. The first-order chi connectivity index (χ1) is 8.66. The Morgan fingerprint density at radius 3 is 0.455 bits per heavy atom. The van der Waals surface area contributed by atoms with Crippen LogP contribution in [0.4, 0.5) is 0 Å². The van der Waals surface area contributed by atoms with Gasteiger partial charge in [-0.2, -0.15) is 0 Å². The molecule has 0 saturated heterocycles. The molecular formula is C10H21KO11. The normalized spacial score (nSPS) is 5.68. The maximum absolute atomic E-state index is 9.00. The van der Waals surface area contributed by atoms with Crippen molar-refractivity contribution >= 4 is 29.8 Å². The Bertz CT molecular complexity index is 212. The van der Waals surface area contributed by atoms with Gasteiger partial charge in [0, 0.05) is 34.6 Å². The van der Waals surface area contributed by atoms with Crippen molar-refractivity contribution in [1.82, 2.24) is 0 Å². The van der Waals surface area contributed by atoms with Crippen LogP contribution in [-0.2, 0) is 24.0 Å². The van der Waals surface area contributed by atoms with Crippen LogP contribution in [0, 0.1) is 0 Å². The third-order valence-electron chi connectivity index (χ3n) is 0. The van der Waals surface area contributed by atoms with E-state index in [0.29, 0.717) is 0 Å². The zero-order valence-corrected chi connectivity index (χ0v) is 16.3. The van der Waals surface area contributed by atoms with E-state index in [-0.39, 0.29) is 56.9 Å². The molecule has 128 valence electrons. The van der Waals surface area contributed by atoms with E-state index in [9.17, 15) is 0 Å². The molecule has 0 radical (unpaired) electrons. The molecule has 0 aromatic heterocycles. The topological polar surface area (TPSA) is 216 Å². The number of hydrogen-bond donors (Lipinski definition) is 5. The summed E-state index contributed by atoms with van der Waals surface area (Å²) < 4.78 is 0. The molecule has 0 aromatic rings. The summed E-state index contributed by atoms with van der Waals surface area (Å²) in [6, 6.07) is 0. The van der Waals surface area contributed by atoms with E-state index < -0.39 is 29.8 Å². The van der Waals surface area contributed by atoms with Crippen LogP contribution in [-0.4, -0.2) is 60.9 Å². The number of carbonyl (C=O) groups is 5. The van der Waals surface area contributed by atoms with Crippen LogP contribution in [0.25, 0.3) is 0 Å². The number of aliphatic carboxylic acids is 5. The molecule has 0 atom stereocenters. The van der Waals surface area contributed by atoms with Gasteiger partial charge in [-0.3, -0.25) is 24.0 Å². The second-order valence-electron chi connectivity index (χ2n) is 2.60. The van der Waals surface area contributed by atoms with Crippen molar-refractivity contribution in [3.8, 4) is 0 Å². The Hall–Kier alpha value is -1.05. The first kappa shape index (κ1) is 42.8. The summed E-state index contributed by atoms with van der Waals surface area (Å²) in [5, 5.41) is 37.1. The third kappa shape index (κ3) is 5500. The number of rotatable bonds is 0. The van der Waals surface area contributed by atoms with Crippen molar-refractivity contribution in [2.75, 3.05) is 0 Å². The molecule has 11 nitrogen and oxygen atoms in total. The minimum atomic E-state index is -0.833. The summed E-state index contributed by atoms with van der Waals surface area (Å²) in [5.74, 6) is -4.17. The minimum absolute atomic E-state index is 0. The standard InChI is InChI=1S/5C2H4O2.K.H2O/c5*1-2(3)4;;/h5*1H3,(H,3,4);;1H2/q;;;;;+1;/p-1. The van der Waals surface area contributed by atoms with Crippen molar-refractivity contribution in [1.29, 1.82) is 0 Å². The van der Waals surface area contributed by atoms with Gasteiger partial charge in [0.15, 0.2) is 0 Å². The summed E-state index contributed by atoms with van der Waals surface area (Å²) in [5.41, 5.74) is 0. The zero-order chi connectivity index (χ0) is 17.9. The first-order valence-electron chi connectivity index (χ1n) is 4.64. The predicted molar refractivity (Wildman–Crippen MR) is 68.5 cm³/mol. The molecule has 12 heteroatoms. The molecule has 0 aliphatic carbocycles. The van der Waals surface area contributed by atoms with Gasteiger partial charge in [0.1, 0.15) is 0 Å². The van der Waals surface area contributed by atoms with Gasteiger partial charge in [-0.15, -0.1) is 0 Å². The van der Waals surface area contributed by atoms with Gasteiger partial charge in [0.05, 0.1) is 0 Å². The fraction of sp³-hybridized carbons (Fsp3) is 0.500. The fourth-order valence-electron chi connectivity index (χ4n) is 0. The Labute approximate surface area is 169 Å². The molecule has 0 aliphatic heterocycles. The summed E-state index contributed by atoms with van der Waals surface area (Å²) in [4.78, 5) is 45.0. The average molecular weight is 356 g/mol. The molecule has 0 unspecified atom stereocenters. The fourth-order valence-corrected chi connectivity index (χ4v) is 0. The Kier molecular flexibility index (Phi) is 71.7. The van der Waals surface area contributed by atoms with E-state index in [1.54, 1.807) is 0 Å². The van der Waals surface area contributed by atoms with Gasteiger partial charge in [0.2, 0.25) is 0 Å². The van der Waals surface area contributed by atoms with Crippen molar-refractivity contribution in [2.45, 2.75) is 34.6 Å². The zero-order valence-electron chi connectivity index (χ0n) is 13.2. The van der Waals surface area contributed by atoms with Crippen LogP contribution in [0.15, 0.2) is 0 Å². The van der Waals surface area contributed by atoms with Gasteiger partial charge < -0.3 is 31.0 Å². The summed E-state index contributed by atoms with van der Waals surface area (Å²) >= 11 is 0. The molecule has 0 aromatic carbocycles. The molecule has 0 aliphatic rings. The van der Waals surface area contributed by atoms with E-state index in [1.807, 2.05) is 0 Å². The molecule has 0 spiro atoms. The molecule has 0 saturated carbocycles. The quantitative estimate of drug-likeness (QED) is 0.281. The van der Waals surface area contributed by atoms with E-state index >= 15 is 0 Å². The molecule has 0 heterocycles. The summed E-state index contributed by atoms with van der Waals surface area (Å²) in [6.07, 6.45) is 0. The van der Waals surface area contributed by atoms with Crippen LogP contribution in [0.3, 0.4) is 0 Å². The number of hydrogen-bond acceptors (Lipinski definition) is 6. The Morgan fingerprint density at radius 2 is 0.455 bits per heavy atom. The predicted octanol–water partition coefficient (Wildman–Crippen LogP) is -2.72. The van der Waals surface area contributed by atoms with Gasteiger partial charge in [-0.1, -0.05) is 0 Å². The maximum atomic E-state index is 9.00. The molecule has 22 heavy (non-hydrogen) atoms. The Balaban J connectivity index is -0.0000000250. The Morgan fingerprint density at radius 1 is 0.455 bits per heavy atom. The largest absolute Gasteiger partial charge is 1.00 e. The van der Waals surface area contributed by atoms with Crippen molar-refractivity contribution in [3.05, 3.63) is 0 Å². The summed E-state index contributed by atoms with van der Waals surface area (Å²) in [6.45, 7) is 5.42. The molecule has 0 amide bonds. The molecule has 0 rings (SSSR count). The molecule has 0 bridgehead atoms. The van der Waals surface area contributed by atoms with Crippen LogP contribution < -0.4 is 51.4 Å². The SMILES string of the molecule is CC(=O)O.CC(=O)O.CC(=O)O.CC(=O)O.CC(=O)O.[K+].[OH-]. The van der Waals surface area contributed by atoms with Crippen LogP contribution >= 0.6 is 0 Å². The van der Waals surface area contributed by atoms with Crippen LogP contribution in [0.1, 0.15) is 34.6 Å². The minimum Gasteiger partial charge on any atom is -0.870 e. The van der Waals surface area contributed by atoms with E-state index in [0.717, 1.165) is 34.6 Å². The van der Waals surface area contributed by atoms with Crippen molar-refractivity contribution in [3.63, 3.8) is 0 Å². The van der Waals surface area contributed by atoms with E-state index in [1.165, 1.54) is 0 Å². The van der Waals surface area contributed by atoms with E-state index in [4.69, 9.17) is 49.5 Å². The first-order valence-corrected chi connectivity index (χ1v) is 4.64. The smallest absolute Gasteiger partial charge is 0.870 e. The second kappa shape index (κ2) is 36.8. The number of carboxylic acid groups (broad SMARTS) is 5. The molecule has 6 N–H and O–H groups in total.